The number of aliphatic hydroxyl groups is 3. The number of nitro benzene ring substituents is 1. The summed E-state index contributed by atoms with van der Waals surface area (Å²) in [5.74, 6) is 0.529. The second kappa shape index (κ2) is 14.9. The number of ether oxygens (including phenoxy) is 1. The first-order valence-corrected chi connectivity index (χ1v) is 18.8. The number of nitrogens with one attached hydrogen (secondary N) is 2. The van der Waals surface area contributed by atoms with E-state index >= 15 is 0 Å². The van der Waals surface area contributed by atoms with Crippen LogP contribution in [0, 0.1) is 56.5 Å². The Bertz CT molecular complexity index is 1590. The van der Waals surface area contributed by atoms with Crippen LogP contribution in [0.2, 0.25) is 0 Å². The van der Waals surface area contributed by atoms with Gasteiger partial charge in [0.2, 0.25) is 11.4 Å². The van der Waals surface area contributed by atoms with Crippen LogP contribution in [-0.4, -0.2) is 80.4 Å². The summed E-state index contributed by atoms with van der Waals surface area (Å²) < 4.78 is 9.70. The van der Waals surface area contributed by atoms with Gasteiger partial charge in [0.1, 0.15) is 6.04 Å². The number of methoxy groups -OCH3 is 1. The van der Waals surface area contributed by atoms with Gasteiger partial charge in [0.25, 0.3) is 0 Å². The molecule has 6 rings (SSSR count). The van der Waals surface area contributed by atoms with Gasteiger partial charge in [-0.2, -0.15) is 0 Å². The topological polar surface area (TPSA) is 210 Å². The number of unbranched alkanes of at least 4 members (excludes halogenated alkanes) is 1. The third kappa shape index (κ3) is 6.95. The number of fused-ring (bicyclic) bond motifs is 6. The first-order valence-electron chi connectivity index (χ1n) is 18.8. The molecule has 4 saturated carbocycles. The number of aromatic nitrogens is 2. The van der Waals surface area contributed by atoms with Crippen LogP contribution in [0.5, 0.6) is 0 Å². The van der Waals surface area contributed by atoms with Crippen LogP contribution in [0.15, 0.2) is 16.8 Å². The third-order valence-electron chi connectivity index (χ3n) is 14.0. The van der Waals surface area contributed by atoms with Crippen molar-refractivity contribution in [3.63, 3.8) is 0 Å². The minimum Gasteiger partial charge on any atom is -0.467 e. The number of hydrogen-bond acceptors (Lipinski definition) is 12. The molecule has 0 saturated heterocycles. The van der Waals surface area contributed by atoms with E-state index in [4.69, 9.17) is 9.37 Å². The average molecular weight is 714 g/mol. The van der Waals surface area contributed by atoms with Crippen LogP contribution in [0.3, 0.4) is 0 Å². The van der Waals surface area contributed by atoms with Crippen LogP contribution in [0.1, 0.15) is 97.8 Å². The Morgan fingerprint density at radius 3 is 2.57 bits per heavy atom. The highest BCUT2D eigenvalue weighted by Gasteiger charge is 2.65. The molecule has 14 heteroatoms. The smallest absolute Gasteiger partial charge is 0.328 e. The zero-order valence-electron chi connectivity index (χ0n) is 30.3. The summed E-state index contributed by atoms with van der Waals surface area (Å²) >= 11 is 0. The number of rotatable bonds is 13. The lowest BCUT2D eigenvalue weighted by Crippen LogP contribution is -2.62. The molecular weight excluding hydrogens is 658 g/mol. The molecule has 12 atom stereocenters. The Morgan fingerprint density at radius 2 is 1.82 bits per heavy atom. The molecule has 4 fully saturated rings. The third-order valence-corrected chi connectivity index (χ3v) is 14.0. The van der Waals surface area contributed by atoms with Gasteiger partial charge in [-0.25, -0.2) is 9.42 Å². The van der Waals surface area contributed by atoms with E-state index in [1.165, 1.54) is 13.2 Å². The molecule has 0 radical (unpaired) electrons. The number of nitro groups is 1. The first kappa shape index (κ1) is 37.4. The maximum absolute atomic E-state index is 13.2. The summed E-state index contributed by atoms with van der Waals surface area (Å²) in [6.45, 7) is 7.21. The van der Waals surface area contributed by atoms with Crippen LogP contribution in [-0.2, 0) is 14.3 Å². The van der Waals surface area contributed by atoms with E-state index in [1.54, 1.807) is 6.07 Å². The molecule has 1 amide bonds. The second-order valence-electron chi connectivity index (χ2n) is 16.5. The number of nitrogens with zero attached hydrogens (tertiary/aromatic N) is 3. The van der Waals surface area contributed by atoms with Crippen molar-refractivity contribution >= 4 is 34.3 Å². The Kier molecular flexibility index (Phi) is 11.0. The number of anilines is 1. The Balaban J connectivity index is 1.00. The number of benzene rings is 1. The molecule has 5 unspecified atom stereocenters. The lowest BCUT2D eigenvalue weighted by molar-refractivity contribution is -0.383. The average Bonchev–Trinajstić information content (AvgIpc) is 3.73. The molecule has 4 aliphatic carbocycles. The van der Waals surface area contributed by atoms with Crippen molar-refractivity contribution in [2.24, 2.45) is 46.3 Å². The summed E-state index contributed by atoms with van der Waals surface area (Å²) in [5.41, 5.74) is 0.368. The maximum Gasteiger partial charge on any atom is 0.328 e. The van der Waals surface area contributed by atoms with Crippen molar-refractivity contribution in [2.75, 3.05) is 19.0 Å². The molecule has 4 aliphatic rings. The minimum absolute atomic E-state index is 0.0231. The van der Waals surface area contributed by atoms with E-state index in [1.807, 2.05) is 0 Å². The van der Waals surface area contributed by atoms with Gasteiger partial charge >= 0.3 is 11.7 Å². The summed E-state index contributed by atoms with van der Waals surface area (Å²) in [6.07, 6.45) is 7.06. The van der Waals surface area contributed by atoms with E-state index < -0.39 is 29.1 Å². The van der Waals surface area contributed by atoms with Gasteiger partial charge in [-0.3, -0.25) is 14.9 Å². The predicted molar refractivity (Wildman–Crippen MR) is 187 cm³/mol. The summed E-state index contributed by atoms with van der Waals surface area (Å²) in [5, 5.41) is 58.6. The van der Waals surface area contributed by atoms with Gasteiger partial charge in [0.05, 0.1) is 36.0 Å². The highest BCUT2D eigenvalue weighted by molar-refractivity contribution is 5.93. The van der Waals surface area contributed by atoms with Gasteiger partial charge in [-0.15, -0.1) is 0 Å². The predicted octanol–water partition coefficient (Wildman–Crippen LogP) is 4.75. The van der Waals surface area contributed by atoms with Gasteiger partial charge < -0.3 is 30.7 Å². The molecule has 0 aliphatic heterocycles. The molecule has 51 heavy (non-hydrogen) atoms. The molecule has 14 nitrogen and oxygen atoms in total. The lowest BCUT2D eigenvalue weighted by Gasteiger charge is -2.63. The van der Waals surface area contributed by atoms with Crippen molar-refractivity contribution in [1.29, 1.82) is 0 Å². The van der Waals surface area contributed by atoms with Gasteiger partial charge in [0.15, 0.2) is 5.52 Å². The SMILES string of the molecule is COC(=O)[C@H](CCCCNc1ccc([N+](=O)[O-])c2nonc12)NC(=O)CC[C@@H](C)C1CCC2C3C(C[C@H](O)[C@@]21C)[C@@]1(C)CC[C@@H](O)CC1C[C@H]3O. The zero-order valence-corrected chi connectivity index (χ0v) is 30.3. The highest BCUT2D eigenvalue weighted by Crippen LogP contribution is 2.68. The standard InChI is InChI=1S/C37H55N5O9/c1-20(23-9-10-24-32-25(19-30(45)37(23,24)3)36(2)15-14-22(43)17-21(36)18-29(32)44)8-13-31(46)39-27(35(47)50-4)7-5-6-16-38-26-11-12-28(42(48)49)34-33(26)40-51-41-34/h11-12,20-25,27,29-30,32,38,43-45H,5-10,13-19H2,1-4H3,(H,39,46)/t20-,21?,22-,23?,24?,25?,27+,29-,30+,32?,36+,37-/m1/s1. The van der Waals surface area contributed by atoms with Crippen molar-refractivity contribution in [3.8, 4) is 0 Å². The Morgan fingerprint density at radius 1 is 1.06 bits per heavy atom. The van der Waals surface area contributed by atoms with E-state index in [-0.39, 0.29) is 81.5 Å². The second-order valence-corrected chi connectivity index (χ2v) is 16.5. The fourth-order valence-electron chi connectivity index (χ4n) is 11.2. The minimum atomic E-state index is -0.784. The molecule has 1 aromatic carbocycles. The molecule has 5 N–H and O–H groups in total. The number of hydrogen-bond donors (Lipinski definition) is 5. The largest absolute Gasteiger partial charge is 0.467 e. The van der Waals surface area contributed by atoms with Crippen LogP contribution < -0.4 is 10.6 Å². The summed E-state index contributed by atoms with van der Waals surface area (Å²) in [4.78, 5) is 36.5. The van der Waals surface area contributed by atoms with Crippen molar-refractivity contribution in [3.05, 3.63) is 22.2 Å². The van der Waals surface area contributed by atoms with Crippen LogP contribution in [0.4, 0.5) is 11.4 Å². The Hall–Kier alpha value is -3.36. The molecule has 0 bridgehead atoms. The van der Waals surface area contributed by atoms with Gasteiger partial charge in [-0.1, -0.05) is 20.8 Å². The molecule has 282 valence electrons. The highest BCUT2D eigenvalue weighted by atomic mass is 16.6. The van der Waals surface area contributed by atoms with E-state index in [2.05, 4.69) is 41.7 Å². The normalized spacial score (nSPS) is 35.6. The molecule has 2 aromatic rings. The van der Waals surface area contributed by atoms with Crippen molar-refractivity contribution in [1.82, 2.24) is 15.6 Å². The fraction of sp³-hybridized carbons (Fsp3) is 0.784. The Labute approximate surface area is 298 Å². The quantitative estimate of drug-likeness (QED) is 0.0824. The number of aliphatic hydroxyl groups excluding tert-OH is 3. The van der Waals surface area contributed by atoms with E-state index in [0.29, 0.717) is 44.3 Å². The number of non-ortho nitro benzene ring substituents is 1. The monoisotopic (exact) mass is 713 g/mol. The summed E-state index contributed by atoms with van der Waals surface area (Å²) in [7, 11) is 1.30. The number of esters is 1. The zero-order chi connectivity index (χ0) is 36.7. The van der Waals surface area contributed by atoms with Gasteiger partial charge in [0, 0.05) is 19.0 Å². The van der Waals surface area contributed by atoms with Crippen molar-refractivity contribution < 1.29 is 39.2 Å². The van der Waals surface area contributed by atoms with E-state index in [9.17, 15) is 35.0 Å². The molecule has 1 heterocycles. The molecular formula is C37H55N5O9. The van der Waals surface area contributed by atoms with Crippen molar-refractivity contribution in [2.45, 2.75) is 122 Å². The number of carbonyl (C=O) groups excluding carboxylic acids is 2. The maximum atomic E-state index is 13.2. The van der Waals surface area contributed by atoms with Gasteiger partial charge in [-0.05, 0) is 133 Å². The number of carbonyl (C=O) groups is 2. The molecule has 1 aromatic heterocycles. The van der Waals surface area contributed by atoms with E-state index in [0.717, 1.165) is 38.5 Å². The fourth-order valence-corrected chi connectivity index (χ4v) is 11.2. The van der Waals surface area contributed by atoms with Crippen LogP contribution >= 0.6 is 0 Å². The number of amides is 1. The first-order chi connectivity index (χ1) is 24.3. The molecule has 0 spiro atoms. The lowest BCUT2D eigenvalue weighted by atomic mass is 9.43. The summed E-state index contributed by atoms with van der Waals surface area (Å²) in [6, 6.07) is 2.11. The van der Waals surface area contributed by atoms with Crippen LogP contribution in [0.25, 0.3) is 11.0 Å².